The largest absolute Gasteiger partial charge is 0.397 e. The van der Waals surface area contributed by atoms with E-state index in [4.69, 9.17) is 176 Å². The lowest BCUT2D eigenvalue weighted by molar-refractivity contribution is -0.183. The number of aliphatic hydroxyl groups is 3. The first-order chi connectivity index (χ1) is 64.5. The van der Waals surface area contributed by atoms with Gasteiger partial charge in [-0.05, 0) is 77.2 Å². The first kappa shape index (κ1) is 96.2. The van der Waals surface area contributed by atoms with Gasteiger partial charge < -0.3 is 125 Å². The Balaban J connectivity index is 0.000000126. The molecule has 12 aromatic rings. The number of aromatic amines is 3. The Bertz CT molecular complexity index is 6970. The van der Waals surface area contributed by atoms with E-state index in [1.165, 1.54) is 91.5 Å². The number of nitrogens with two attached hydrogens (primary N) is 6. The second-order valence-corrected chi connectivity index (χ2v) is 49.7. The SMILES string of the molecule is Nc1nc2c(ncn2[C@@H]2O[C@@H]3COP(=O)(S)O[C@H]4[C@H](F)[C@H](n5cnc6c(N)ccnc65)O[C@@H]4COP(O)(=S)O[C@@H]2[C@@H]3O)c(=O)[nH]1.Nc1nc2c(ncn2[C@@H]2O[C@@H]3COP(O)(=S)OC4[C@@H]5OC[C@]4(COP(O)(=S)O[C@H]2C3O)O[C@H]5n2cnc3c(N)ccnc32)c(=O)[nH]1.Nc1nc2c(ncn2[C@@H]2S[C@@H]3COP(O)(=S)O[C@H]4[C@H](F)[C@H](n5cnc6c(N)ccnc65)O[C@@H]4COP(O)(=S)O[C@@H]2[C@@H]3O)c(=O)[nH]1. The minimum atomic E-state index is -4.39. The summed E-state index contributed by atoms with van der Waals surface area (Å²) in [5, 5.41) is 31.9. The number of thioether (sulfide) groups is 1. The maximum Gasteiger partial charge on any atom is 0.386 e. The molecular weight excluding hydrogens is 2080 g/mol. The summed E-state index contributed by atoms with van der Waals surface area (Å²) < 4.78 is 158. The van der Waals surface area contributed by atoms with Gasteiger partial charge in [0, 0.05) is 18.6 Å². The van der Waals surface area contributed by atoms with Gasteiger partial charge in [-0.1, -0.05) is 12.2 Å². The molecule has 30 atom stereocenters. The van der Waals surface area contributed by atoms with E-state index in [1.807, 2.05) is 0 Å². The number of rotatable bonds is 6. The molecule has 10 saturated heterocycles. The topological polar surface area (TPSA) is 784 Å². The average Bonchev–Trinajstić information content (AvgIpc) is 1.55. The predicted octanol–water partition coefficient (Wildman–Crippen LogP) is -0.611. The summed E-state index contributed by atoms with van der Waals surface area (Å²) in [6.07, 6.45) is -17.0. The minimum Gasteiger partial charge on any atom is -0.397 e. The van der Waals surface area contributed by atoms with E-state index < -0.39 is 235 Å². The fourth-order valence-electron chi connectivity index (χ4n) is 16.7. The van der Waals surface area contributed by atoms with Crippen LogP contribution in [0.2, 0.25) is 0 Å². The molecule has 22 rings (SSSR count). The zero-order valence-corrected chi connectivity index (χ0v) is 79.2. The third-order valence-corrected chi connectivity index (χ3v) is 33.8. The van der Waals surface area contributed by atoms with Crippen LogP contribution in [0.3, 0.4) is 0 Å². The van der Waals surface area contributed by atoms with Crippen LogP contribution in [0.5, 0.6) is 0 Å². The summed E-state index contributed by atoms with van der Waals surface area (Å²) in [5.74, 6) is -0.603. The van der Waals surface area contributed by atoms with Crippen molar-refractivity contribution in [3.8, 4) is 0 Å². The first-order valence-corrected chi connectivity index (χ1v) is 56.3. The van der Waals surface area contributed by atoms with Gasteiger partial charge in [0.05, 0.1) is 113 Å². The Kier molecular flexibility index (Phi) is 25.7. The maximum absolute atomic E-state index is 16.1. The van der Waals surface area contributed by atoms with Crippen LogP contribution >= 0.6 is 64.4 Å². The number of thiol groups is 1. The molecule has 0 aromatic carbocycles. The lowest BCUT2D eigenvalue weighted by Gasteiger charge is -2.33. The molecule has 22 heterocycles. The highest BCUT2D eigenvalue weighted by Gasteiger charge is 2.66. The van der Waals surface area contributed by atoms with Crippen LogP contribution in [-0.4, -0.2) is 297 Å². The van der Waals surface area contributed by atoms with Crippen LogP contribution in [0, 0.1) is 0 Å². The molecule has 0 radical (unpaired) electrons. The van der Waals surface area contributed by atoms with Crippen molar-refractivity contribution in [1.82, 2.24) is 102 Å². The number of nitrogens with zero attached hydrogens (tertiary/aromatic N) is 18. The van der Waals surface area contributed by atoms with Crippen molar-refractivity contribution in [2.75, 3.05) is 80.7 Å². The Hall–Kier alpha value is -7.29. The summed E-state index contributed by atoms with van der Waals surface area (Å²) in [6, 6.07) is 4.67. The number of H-pyrrole nitrogens is 3. The number of ether oxygens (including phenoxy) is 6. The lowest BCUT2D eigenvalue weighted by atomic mass is 10.0. The number of fused-ring (bicyclic) bond motifs is 14. The Morgan fingerprint density at radius 2 is 0.765 bits per heavy atom. The Morgan fingerprint density at radius 3 is 1.22 bits per heavy atom. The summed E-state index contributed by atoms with van der Waals surface area (Å²) in [5.41, 5.74) is 34.6. The molecule has 0 aliphatic carbocycles. The summed E-state index contributed by atoms with van der Waals surface area (Å²) in [7, 11) is 0. The van der Waals surface area contributed by atoms with E-state index in [2.05, 4.69) is 87.0 Å². The van der Waals surface area contributed by atoms with Gasteiger partial charge in [0.1, 0.15) is 107 Å². The van der Waals surface area contributed by atoms with Gasteiger partial charge in [-0.3, -0.25) is 88.4 Å². The van der Waals surface area contributed by atoms with Crippen LogP contribution in [-0.2, 0) is 146 Å². The smallest absolute Gasteiger partial charge is 0.386 e. The number of halogens is 2. The van der Waals surface area contributed by atoms with Gasteiger partial charge in [0.25, 0.3) is 16.7 Å². The molecule has 12 aromatic heterocycles. The van der Waals surface area contributed by atoms with E-state index in [0.29, 0.717) is 39.3 Å². The molecule has 72 heteroatoms. The standard InChI is InChI=1S/C22H25N9O11P2S2.C21H24FN9O10P2S2.C21H24FN9O9P2S3/c23-8-1-2-25-16-10(8)26-6-30(16)20-14-15-22(40-20,4-36-14)5-38-44(35,46)41-13-12(32)9(3-37-43(34,45)42-15)39-19(13)31-7-27-11-17(31)28-21(24)29-18(11)33;22-10-14-9(39-19(10)30-5-26-11-7(23)1-2-25-16(11)30)4-37-43(35,45)41-15-13(32)8(3-36-42(34,44)40-14)38-20(15)31-6-27-12-17(31)28-21(24)29-18(12)33;22-10-14-8(38-19(10)30-5-26-11-7(23)1-2-25-16(11)30)3-36-41(34,43)40-15-13(32)9(4-37-42(35,44)39-14)45-20(15)31-6-27-12-17(31)28-21(24)29-18(12)33/h1-2,6-7,9,12-15,19-20,32H,3-5H2,(H2,23,25)(H,34,45)(H,35,46)(H3,24,28,29,33);1-2,5-6,8-10,13-15,19-20,32H,3-4H2,(H2,23,25)(H,34,44)(H,35,45)(H3,24,28,29,33);1-2,5-6,8-10,13-15,19-20,32H,3-4H2,(H2,23,25)(H,34,43)(H,35,44)(H3,24,28,29,33)/t9-,12?,13+,14+,15?,19-,20-,22-,43?,44?;8-,9-,10+,13-,14-,15-,19-,20-,42?,43?;8-,9-,10+,13-,14-,15-,19-,20-,41?,42?/m111/s1. The number of pyridine rings is 3. The van der Waals surface area contributed by atoms with Gasteiger partial charge in [0.15, 0.2) is 93.9 Å². The molecule has 0 spiro atoms. The quantitative estimate of drug-likeness (QED) is 0.0729. The van der Waals surface area contributed by atoms with Crippen molar-refractivity contribution >= 4 is 225 Å². The molecule has 8 bridgehead atoms. The van der Waals surface area contributed by atoms with Crippen molar-refractivity contribution in [2.24, 2.45) is 0 Å². The normalized spacial score (nSPS) is 38.4. The van der Waals surface area contributed by atoms with E-state index in [0.717, 1.165) is 11.8 Å². The van der Waals surface area contributed by atoms with Crippen LogP contribution in [0.1, 0.15) is 36.5 Å². The number of nitrogens with one attached hydrogen (secondary N) is 3. The second-order valence-electron chi connectivity index (χ2n) is 31.5. The third kappa shape index (κ3) is 18.1. The molecule has 10 fully saturated rings. The van der Waals surface area contributed by atoms with E-state index >= 15 is 8.78 Å². The Labute approximate surface area is 790 Å². The highest BCUT2D eigenvalue weighted by molar-refractivity contribution is 8.44. The summed E-state index contributed by atoms with van der Waals surface area (Å²) >= 11 is 31.5. The van der Waals surface area contributed by atoms with Gasteiger partial charge in [-0.25, -0.2) is 58.2 Å². The number of aliphatic hydroxyl groups excluding tert-OH is 3. The molecule has 57 nitrogen and oxygen atoms in total. The highest BCUT2D eigenvalue weighted by atomic mass is 32.7. The van der Waals surface area contributed by atoms with Gasteiger partial charge in [-0.15, -0.1) is 11.8 Å². The van der Waals surface area contributed by atoms with Crippen LogP contribution in [0.25, 0.3) is 67.0 Å². The second kappa shape index (κ2) is 36.3. The van der Waals surface area contributed by atoms with E-state index in [-0.39, 0.29) is 75.8 Å². The lowest BCUT2D eigenvalue weighted by Crippen LogP contribution is -2.45. The number of anilines is 6. The molecule has 730 valence electrons. The van der Waals surface area contributed by atoms with E-state index in [1.54, 1.807) is 10.6 Å². The highest BCUT2D eigenvalue weighted by Crippen LogP contribution is 2.63. The average molecular weight is 2150 g/mol. The molecule has 23 N–H and O–H groups in total. The number of hydrogen-bond donors (Lipinski definition) is 18. The Morgan fingerprint density at radius 1 is 0.412 bits per heavy atom. The fraction of sp³-hybridized carbons (Fsp3) is 0.484. The molecular formula is C64H73F2N27O30P6S7. The molecule has 0 saturated carbocycles. The number of hydrogen-bond acceptors (Lipinski definition) is 49. The number of nitrogen functional groups attached to an aromatic ring is 6. The molecule has 10 aliphatic heterocycles. The monoisotopic (exact) mass is 2150 g/mol. The van der Waals surface area contributed by atoms with Crippen molar-refractivity contribution in [2.45, 2.75) is 145 Å². The predicted molar refractivity (Wildman–Crippen MR) is 484 cm³/mol. The fourth-order valence-corrected chi connectivity index (χ4v) is 27.1. The maximum atomic E-state index is 16.1. The third-order valence-electron chi connectivity index (χ3n) is 22.9. The number of imidazole rings is 6. The molecule has 136 heavy (non-hydrogen) atoms. The van der Waals surface area contributed by atoms with Gasteiger partial charge in [0.2, 0.25) is 17.8 Å². The van der Waals surface area contributed by atoms with Crippen molar-refractivity contribution in [1.29, 1.82) is 0 Å². The minimum absolute atomic E-state index is 0.00190. The van der Waals surface area contributed by atoms with Crippen LogP contribution < -0.4 is 51.1 Å². The number of alkyl halides is 2. The molecule has 10 aliphatic rings. The van der Waals surface area contributed by atoms with Crippen LogP contribution in [0.4, 0.5) is 43.7 Å². The summed E-state index contributed by atoms with van der Waals surface area (Å²) in [6.45, 7) is -28.6. The first-order valence-electron chi connectivity index (χ1n) is 39.7. The zero-order chi connectivity index (χ0) is 95.8. The zero-order valence-electron chi connectivity index (χ0n) is 68.1. The summed E-state index contributed by atoms with van der Waals surface area (Å²) in [4.78, 5) is 150. The van der Waals surface area contributed by atoms with Gasteiger partial charge >= 0.3 is 40.4 Å². The number of aromatic nitrogens is 21. The van der Waals surface area contributed by atoms with E-state index in [9.17, 15) is 58.7 Å². The van der Waals surface area contributed by atoms with Crippen molar-refractivity contribution < 1.29 is 136 Å². The molecule has 0 amide bonds. The van der Waals surface area contributed by atoms with Crippen molar-refractivity contribution in [3.63, 3.8) is 0 Å². The van der Waals surface area contributed by atoms with Gasteiger partial charge in [-0.2, -0.15) is 15.0 Å². The van der Waals surface area contributed by atoms with Crippen molar-refractivity contribution in [3.05, 3.63) is 106 Å². The van der Waals surface area contributed by atoms with Crippen LogP contribution in [0.15, 0.2) is 89.1 Å². The molecule has 8 unspecified atom stereocenters.